The van der Waals surface area contributed by atoms with Gasteiger partial charge in [-0.3, -0.25) is 9.48 Å². The number of hydrogen-bond acceptors (Lipinski definition) is 2. The van der Waals surface area contributed by atoms with E-state index in [1.54, 1.807) is 4.68 Å². The van der Waals surface area contributed by atoms with Crippen molar-refractivity contribution < 1.29 is 4.79 Å². The van der Waals surface area contributed by atoms with Crippen molar-refractivity contribution in [2.45, 2.75) is 32.6 Å². The fraction of sp³-hybridized carbons (Fsp3) is 0.667. The zero-order chi connectivity index (χ0) is 10.8. The maximum Gasteiger partial charge on any atom is 0.136 e. The molecule has 2 unspecified atom stereocenters. The molecule has 82 valence electrons. The predicted molar refractivity (Wildman–Crippen MR) is 58.4 cm³/mol. The number of ketones is 1. The van der Waals surface area contributed by atoms with Crippen LogP contribution < -0.4 is 0 Å². The standard InChI is InChI=1S/C12H18N2O/c1-9-3-4-12(15)11(5-9)6-10-7-13-14(2)8-10/h7-9,11H,3-6H2,1-2H3. The van der Waals surface area contributed by atoms with Crippen LogP contribution in [0.4, 0.5) is 0 Å². The lowest BCUT2D eigenvalue weighted by atomic mass is 9.79. The molecule has 0 aliphatic heterocycles. The molecule has 15 heavy (non-hydrogen) atoms. The predicted octanol–water partition coefficient (Wildman–Crippen LogP) is 1.97. The van der Waals surface area contributed by atoms with Gasteiger partial charge in [-0.1, -0.05) is 6.92 Å². The van der Waals surface area contributed by atoms with Crippen LogP contribution in [0, 0.1) is 11.8 Å². The first-order valence-electron chi connectivity index (χ1n) is 5.65. The fourth-order valence-corrected chi connectivity index (χ4v) is 2.39. The molecule has 1 fully saturated rings. The molecule has 1 heterocycles. The Morgan fingerprint density at radius 3 is 3.07 bits per heavy atom. The molecular weight excluding hydrogens is 188 g/mol. The van der Waals surface area contributed by atoms with Crippen LogP contribution in [-0.2, 0) is 18.3 Å². The molecule has 1 aromatic rings. The van der Waals surface area contributed by atoms with Gasteiger partial charge in [-0.2, -0.15) is 5.10 Å². The monoisotopic (exact) mass is 206 g/mol. The lowest BCUT2D eigenvalue weighted by molar-refractivity contribution is -0.125. The van der Waals surface area contributed by atoms with E-state index in [-0.39, 0.29) is 5.92 Å². The number of Topliss-reactive ketones (excluding diaryl/α,β-unsaturated/α-hetero) is 1. The molecule has 0 spiro atoms. The van der Waals surface area contributed by atoms with Crippen LogP contribution >= 0.6 is 0 Å². The minimum absolute atomic E-state index is 0.234. The van der Waals surface area contributed by atoms with E-state index in [9.17, 15) is 4.79 Å². The first-order valence-corrected chi connectivity index (χ1v) is 5.65. The first-order chi connectivity index (χ1) is 7.15. The van der Waals surface area contributed by atoms with Crippen LogP contribution in [-0.4, -0.2) is 15.6 Å². The first kappa shape index (κ1) is 10.4. The molecule has 1 saturated carbocycles. The van der Waals surface area contributed by atoms with Crippen LogP contribution in [0.1, 0.15) is 31.7 Å². The summed E-state index contributed by atoms with van der Waals surface area (Å²) in [5.74, 6) is 1.37. The van der Waals surface area contributed by atoms with Crippen molar-refractivity contribution in [3.63, 3.8) is 0 Å². The number of aryl methyl sites for hydroxylation is 1. The van der Waals surface area contributed by atoms with Gasteiger partial charge in [-0.15, -0.1) is 0 Å². The van der Waals surface area contributed by atoms with Crippen LogP contribution in [0.15, 0.2) is 12.4 Å². The van der Waals surface area contributed by atoms with E-state index >= 15 is 0 Å². The van der Waals surface area contributed by atoms with Crippen molar-refractivity contribution in [3.8, 4) is 0 Å². The van der Waals surface area contributed by atoms with E-state index in [0.29, 0.717) is 11.7 Å². The highest BCUT2D eigenvalue weighted by molar-refractivity contribution is 5.82. The molecular formula is C12H18N2O. The largest absolute Gasteiger partial charge is 0.299 e. The van der Waals surface area contributed by atoms with Crippen molar-refractivity contribution in [2.75, 3.05) is 0 Å². The van der Waals surface area contributed by atoms with E-state index in [4.69, 9.17) is 0 Å². The summed E-state index contributed by atoms with van der Waals surface area (Å²) in [6.07, 6.45) is 7.64. The van der Waals surface area contributed by atoms with Gasteiger partial charge >= 0.3 is 0 Å². The number of aromatic nitrogens is 2. The number of carbonyl (C=O) groups is 1. The molecule has 3 nitrogen and oxygen atoms in total. The van der Waals surface area contributed by atoms with Crippen molar-refractivity contribution in [1.82, 2.24) is 9.78 Å². The van der Waals surface area contributed by atoms with Crippen LogP contribution in [0.3, 0.4) is 0 Å². The van der Waals surface area contributed by atoms with Crippen molar-refractivity contribution in [1.29, 1.82) is 0 Å². The summed E-state index contributed by atoms with van der Waals surface area (Å²) in [6.45, 7) is 2.24. The van der Waals surface area contributed by atoms with E-state index in [2.05, 4.69) is 12.0 Å². The van der Waals surface area contributed by atoms with E-state index in [0.717, 1.165) is 25.7 Å². The minimum atomic E-state index is 0.234. The summed E-state index contributed by atoms with van der Waals surface area (Å²) in [5, 5.41) is 4.13. The third-order valence-corrected chi connectivity index (χ3v) is 3.27. The Kier molecular flexibility index (Phi) is 2.89. The zero-order valence-electron chi connectivity index (χ0n) is 9.44. The second-order valence-electron chi connectivity index (χ2n) is 4.77. The van der Waals surface area contributed by atoms with Crippen LogP contribution in [0.25, 0.3) is 0 Å². The average Bonchev–Trinajstić information content (AvgIpc) is 2.58. The van der Waals surface area contributed by atoms with Gasteiger partial charge in [0, 0.05) is 25.6 Å². The Balaban J connectivity index is 2.01. The lowest BCUT2D eigenvalue weighted by Crippen LogP contribution is -2.25. The Bertz CT molecular complexity index is 356. The van der Waals surface area contributed by atoms with Crippen LogP contribution in [0.2, 0.25) is 0 Å². The van der Waals surface area contributed by atoms with E-state index in [1.807, 2.05) is 19.4 Å². The second kappa shape index (κ2) is 4.17. The summed E-state index contributed by atoms with van der Waals surface area (Å²) in [7, 11) is 1.91. The van der Waals surface area contributed by atoms with Crippen molar-refractivity contribution in [3.05, 3.63) is 18.0 Å². The van der Waals surface area contributed by atoms with Gasteiger partial charge in [0.2, 0.25) is 0 Å². The Labute approximate surface area is 90.5 Å². The molecule has 3 heteroatoms. The van der Waals surface area contributed by atoms with Gasteiger partial charge in [0.25, 0.3) is 0 Å². The van der Waals surface area contributed by atoms with Gasteiger partial charge in [-0.25, -0.2) is 0 Å². The topological polar surface area (TPSA) is 34.9 Å². The lowest BCUT2D eigenvalue weighted by Gasteiger charge is -2.25. The number of hydrogen-bond donors (Lipinski definition) is 0. The van der Waals surface area contributed by atoms with Gasteiger partial charge in [0.05, 0.1) is 6.20 Å². The quantitative estimate of drug-likeness (QED) is 0.741. The second-order valence-corrected chi connectivity index (χ2v) is 4.77. The highest BCUT2D eigenvalue weighted by Crippen LogP contribution is 2.28. The number of rotatable bonds is 2. The summed E-state index contributed by atoms with van der Waals surface area (Å²) in [4.78, 5) is 11.7. The van der Waals surface area contributed by atoms with Crippen LogP contribution in [0.5, 0.6) is 0 Å². The van der Waals surface area contributed by atoms with Gasteiger partial charge < -0.3 is 0 Å². The third kappa shape index (κ3) is 2.46. The molecule has 0 N–H and O–H groups in total. The van der Waals surface area contributed by atoms with Crippen molar-refractivity contribution >= 4 is 5.78 Å². The molecule has 0 bridgehead atoms. The summed E-state index contributed by atoms with van der Waals surface area (Å²) >= 11 is 0. The Hall–Kier alpha value is -1.12. The third-order valence-electron chi connectivity index (χ3n) is 3.27. The molecule has 2 rings (SSSR count). The average molecular weight is 206 g/mol. The van der Waals surface area contributed by atoms with Gasteiger partial charge in [0.15, 0.2) is 0 Å². The summed E-state index contributed by atoms with van der Waals surface area (Å²) in [6, 6.07) is 0. The maximum absolute atomic E-state index is 11.7. The van der Waals surface area contributed by atoms with Gasteiger partial charge in [-0.05, 0) is 30.7 Å². The molecule has 0 saturated heterocycles. The molecule has 1 aliphatic carbocycles. The number of nitrogens with zero attached hydrogens (tertiary/aromatic N) is 2. The van der Waals surface area contributed by atoms with Gasteiger partial charge in [0.1, 0.15) is 5.78 Å². The smallest absolute Gasteiger partial charge is 0.136 e. The van der Waals surface area contributed by atoms with Crippen molar-refractivity contribution in [2.24, 2.45) is 18.9 Å². The van der Waals surface area contributed by atoms with E-state index < -0.39 is 0 Å². The Morgan fingerprint density at radius 1 is 1.60 bits per heavy atom. The fourth-order valence-electron chi connectivity index (χ4n) is 2.39. The highest BCUT2D eigenvalue weighted by atomic mass is 16.1. The molecule has 1 aromatic heterocycles. The Morgan fingerprint density at radius 2 is 2.40 bits per heavy atom. The molecule has 1 aliphatic rings. The number of carbonyl (C=O) groups excluding carboxylic acids is 1. The highest BCUT2D eigenvalue weighted by Gasteiger charge is 2.26. The molecule has 2 atom stereocenters. The summed E-state index contributed by atoms with van der Waals surface area (Å²) < 4.78 is 1.80. The SMILES string of the molecule is CC1CCC(=O)C(Cc2cnn(C)c2)C1. The molecule has 0 radical (unpaired) electrons. The van der Waals surface area contributed by atoms with E-state index in [1.165, 1.54) is 5.56 Å². The maximum atomic E-state index is 11.7. The normalized spacial score (nSPS) is 26.9. The zero-order valence-corrected chi connectivity index (χ0v) is 9.44. The molecule has 0 amide bonds. The summed E-state index contributed by atoms with van der Waals surface area (Å²) in [5.41, 5.74) is 1.19. The minimum Gasteiger partial charge on any atom is -0.299 e. The molecule has 0 aromatic carbocycles.